The van der Waals surface area contributed by atoms with Crippen LogP contribution in [0.2, 0.25) is 5.02 Å². The summed E-state index contributed by atoms with van der Waals surface area (Å²) < 4.78 is 13.2. The predicted molar refractivity (Wildman–Crippen MR) is 73.4 cm³/mol. The van der Waals surface area contributed by atoms with Crippen molar-refractivity contribution < 1.29 is 4.39 Å². The molecule has 2 aromatic carbocycles. The monoisotopic (exact) mass is 263 g/mol. The Bertz CT molecular complexity index is 527. The first-order valence-electron chi connectivity index (χ1n) is 5.87. The molecule has 0 saturated carbocycles. The van der Waals surface area contributed by atoms with Crippen molar-refractivity contribution >= 4 is 11.6 Å². The Morgan fingerprint density at radius 2 is 1.94 bits per heavy atom. The minimum absolute atomic E-state index is 0.0561. The number of rotatable bonds is 4. The molecule has 1 unspecified atom stereocenters. The van der Waals surface area contributed by atoms with Gasteiger partial charge < -0.3 is 5.32 Å². The minimum atomic E-state index is -0.216. The van der Waals surface area contributed by atoms with Crippen molar-refractivity contribution in [1.82, 2.24) is 5.32 Å². The van der Waals surface area contributed by atoms with E-state index in [0.29, 0.717) is 0 Å². The van der Waals surface area contributed by atoms with Crippen LogP contribution in [0.1, 0.15) is 17.2 Å². The number of likely N-dealkylation sites (N-methyl/N-ethyl adjacent to an activating group) is 1. The molecule has 0 spiro atoms. The first-order chi connectivity index (χ1) is 8.70. The highest BCUT2D eigenvalue weighted by Crippen LogP contribution is 2.23. The van der Waals surface area contributed by atoms with Crippen molar-refractivity contribution in [3.8, 4) is 0 Å². The zero-order valence-electron chi connectivity index (χ0n) is 10.2. The molecule has 1 atom stereocenters. The van der Waals surface area contributed by atoms with Gasteiger partial charge in [0.2, 0.25) is 0 Å². The van der Waals surface area contributed by atoms with Crippen molar-refractivity contribution in [3.05, 3.63) is 70.5 Å². The van der Waals surface area contributed by atoms with Crippen LogP contribution in [-0.4, -0.2) is 7.05 Å². The van der Waals surface area contributed by atoms with Crippen LogP contribution < -0.4 is 5.32 Å². The maximum Gasteiger partial charge on any atom is 0.123 e. The lowest BCUT2D eigenvalue weighted by Crippen LogP contribution is -2.19. The number of nitrogens with one attached hydrogen (secondary N) is 1. The third-order valence-electron chi connectivity index (χ3n) is 2.98. The summed E-state index contributed by atoms with van der Waals surface area (Å²) in [4.78, 5) is 0. The van der Waals surface area contributed by atoms with Gasteiger partial charge in [-0.15, -0.1) is 0 Å². The quantitative estimate of drug-likeness (QED) is 0.880. The molecule has 0 bridgehead atoms. The van der Waals surface area contributed by atoms with Crippen LogP contribution in [0.5, 0.6) is 0 Å². The molecule has 0 amide bonds. The van der Waals surface area contributed by atoms with Gasteiger partial charge in [-0.25, -0.2) is 4.39 Å². The Labute approximate surface area is 112 Å². The first kappa shape index (κ1) is 13.1. The average Bonchev–Trinajstić information content (AvgIpc) is 2.38. The summed E-state index contributed by atoms with van der Waals surface area (Å²) in [6.45, 7) is 0. The first-order valence-corrected chi connectivity index (χ1v) is 6.24. The summed E-state index contributed by atoms with van der Waals surface area (Å²) in [6, 6.07) is 14.4. The maximum absolute atomic E-state index is 13.2. The minimum Gasteiger partial charge on any atom is -0.313 e. The zero-order chi connectivity index (χ0) is 13.0. The summed E-state index contributed by atoms with van der Waals surface area (Å²) in [5.41, 5.74) is 1.99. The number of hydrogen-bond acceptors (Lipinski definition) is 1. The fourth-order valence-corrected chi connectivity index (χ4v) is 2.21. The van der Waals surface area contributed by atoms with E-state index in [1.165, 1.54) is 6.07 Å². The van der Waals surface area contributed by atoms with Gasteiger partial charge in [-0.2, -0.15) is 0 Å². The highest BCUT2D eigenvalue weighted by atomic mass is 35.5. The molecule has 3 heteroatoms. The van der Waals surface area contributed by atoms with Crippen LogP contribution in [0, 0.1) is 5.82 Å². The van der Waals surface area contributed by atoms with Gasteiger partial charge in [-0.3, -0.25) is 0 Å². The van der Waals surface area contributed by atoms with Crippen molar-refractivity contribution in [2.45, 2.75) is 12.5 Å². The smallest absolute Gasteiger partial charge is 0.123 e. The van der Waals surface area contributed by atoms with Crippen molar-refractivity contribution in [3.63, 3.8) is 0 Å². The summed E-state index contributed by atoms with van der Waals surface area (Å²) in [5, 5.41) is 3.94. The van der Waals surface area contributed by atoms with Crippen LogP contribution >= 0.6 is 11.6 Å². The van der Waals surface area contributed by atoms with Gasteiger partial charge in [-0.05, 0) is 42.8 Å². The van der Waals surface area contributed by atoms with E-state index >= 15 is 0 Å². The van der Waals surface area contributed by atoms with Gasteiger partial charge in [0.25, 0.3) is 0 Å². The van der Waals surface area contributed by atoms with E-state index < -0.39 is 0 Å². The Morgan fingerprint density at radius 1 is 1.17 bits per heavy atom. The van der Waals surface area contributed by atoms with Gasteiger partial charge in [-0.1, -0.05) is 41.9 Å². The molecule has 0 aliphatic rings. The van der Waals surface area contributed by atoms with E-state index in [-0.39, 0.29) is 11.9 Å². The van der Waals surface area contributed by atoms with Gasteiger partial charge in [0.05, 0.1) is 0 Å². The van der Waals surface area contributed by atoms with Gasteiger partial charge in [0, 0.05) is 11.1 Å². The summed E-state index contributed by atoms with van der Waals surface area (Å²) in [6.07, 6.45) is 0.736. The summed E-state index contributed by atoms with van der Waals surface area (Å²) in [7, 11) is 1.87. The van der Waals surface area contributed by atoms with Crippen LogP contribution in [-0.2, 0) is 6.42 Å². The van der Waals surface area contributed by atoms with E-state index in [9.17, 15) is 4.39 Å². The molecule has 1 N–H and O–H groups in total. The normalized spacial score (nSPS) is 12.4. The fourth-order valence-electron chi connectivity index (χ4n) is 1.99. The van der Waals surface area contributed by atoms with Gasteiger partial charge in [0.15, 0.2) is 0 Å². The second-order valence-corrected chi connectivity index (χ2v) is 4.60. The molecule has 1 nitrogen and oxygen atoms in total. The molecule has 2 rings (SSSR count). The second kappa shape index (κ2) is 5.98. The third kappa shape index (κ3) is 3.09. The lowest BCUT2D eigenvalue weighted by molar-refractivity contribution is 0.577. The van der Waals surface area contributed by atoms with Crippen LogP contribution in [0.15, 0.2) is 48.5 Å². The Morgan fingerprint density at radius 3 is 2.61 bits per heavy atom. The molecule has 0 aliphatic heterocycles. The molecule has 0 saturated heterocycles. The van der Waals surface area contributed by atoms with Crippen molar-refractivity contribution in [2.75, 3.05) is 7.05 Å². The van der Waals surface area contributed by atoms with Gasteiger partial charge >= 0.3 is 0 Å². The van der Waals surface area contributed by atoms with E-state index in [4.69, 9.17) is 11.6 Å². The fraction of sp³-hybridized carbons (Fsp3) is 0.200. The van der Waals surface area contributed by atoms with E-state index in [2.05, 4.69) is 5.32 Å². The van der Waals surface area contributed by atoms with Crippen molar-refractivity contribution in [1.29, 1.82) is 0 Å². The van der Waals surface area contributed by atoms with Crippen LogP contribution in [0.3, 0.4) is 0 Å². The number of benzene rings is 2. The van der Waals surface area contributed by atoms with E-state index in [1.54, 1.807) is 12.1 Å². The third-order valence-corrected chi connectivity index (χ3v) is 3.35. The molecule has 0 heterocycles. The number of halogens is 2. The molecule has 18 heavy (non-hydrogen) atoms. The molecule has 2 aromatic rings. The zero-order valence-corrected chi connectivity index (χ0v) is 10.9. The van der Waals surface area contributed by atoms with Crippen LogP contribution in [0.4, 0.5) is 4.39 Å². The molecule has 0 radical (unpaired) electrons. The Kier molecular flexibility index (Phi) is 4.34. The largest absolute Gasteiger partial charge is 0.313 e. The Hall–Kier alpha value is -1.38. The number of hydrogen-bond donors (Lipinski definition) is 1. The molecular formula is C15H15ClFN. The topological polar surface area (TPSA) is 12.0 Å². The van der Waals surface area contributed by atoms with Gasteiger partial charge in [0.1, 0.15) is 5.82 Å². The highest BCUT2D eigenvalue weighted by molar-refractivity contribution is 6.31. The average molecular weight is 264 g/mol. The lowest BCUT2D eigenvalue weighted by atomic mass is 9.99. The lowest BCUT2D eigenvalue weighted by Gasteiger charge is -2.17. The maximum atomic E-state index is 13.2. The van der Waals surface area contributed by atoms with Crippen molar-refractivity contribution in [2.24, 2.45) is 0 Å². The van der Waals surface area contributed by atoms with Crippen LogP contribution in [0.25, 0.3) is 0 Å². The predicted octanol–water partition coefficient (Wildman–Crippen LogP) is 3.98. The highest BCUT2D eigenvalue weighted by Gasteiger charge is 2.12. The van der Waals surface area contributed by atoms with E-state index in [1.807, 2.05) is 37.4 Å². The SMILES string of the molecule is CNC(Cc1ccccc1Cl)c1cccc(F)c1. The second-order valence-electron chi connectivity index (χ2n) is 4.19. The van der Waals surface area contributed by atoms with E-state index in [0.717, 1.165) is 22.6 Å². The standard InChI is InChI=1S/C15H15ClFN/c1-18-15(12-6-4-7-13(17)9-12)10-11-5-2-3-8-14(11)16/h2-9,15,18H,10H2,1H3. The molecule has 0 aliphatic carbocycles. The molecule has 94 valence electrons. The molecular weight excluding hydrogens is 249 g/mol. The summed E-state index contributed by atoms with van der Waals surface area (Å²) in [5.74, 6) is -0.216. The molecule has 0 fully saturated rings. The molecule has 0 aromatic heterocycles. The Balaban J connectivity index is 2.23. The summed E-state index contributed by atoms with van der Waals surface area (Å²) >= 11 is 6.14.